The van der Waals surface area contributed by atoms with Gasteiger partial charge in [0.2, 0.25) is 5.91 Å². The molecule has 0 radical (unpaired) electrons. The van der Waals surface area contributed by atoms with E-state index in [4.69, 9.17) is 27.9 Å². The molecule has 1 fully saturated rings. The summed E-state index contributed by atoms with van der Waals surface area (Å²) in [6, 6.07) is 9.46. The number of ether oxygens (including phenoxy) is 1. The third-order valence-electron chi connectivity index (χ3n) is 4.16. The first-order valence-electron chi connectivity index (χ1n) is 7.98. The number of pyridine rings is 1. The van der Waals surface area contributed by atoms with Crippen LogP contribution in [0.15, 0.2) is 36.5 Å². The molecule has 132 valence electrons. The SMILES string of the molecule is COc1cccc(CN2CCN(Cc3ncc(Cl)cc3Cl)CC2=O)c1. The maximum atomic E-state index is 12.5. The summed E-state index contributed by atoms with van der Waals surface area (Å²) in [5.74, 6) is 0.895. The van der Waals surface area contributed by atoms with E-state index in [1.54, 1.807) is 19.4 Å². The maximum Gasteiger partial charge on any atom is 0.237 e. The van der Waals surface area contributed by atoms with E-state index in [0.717, 1.165) is 23.6 Å². The molecule has 2 heterocycles. The number of amides is 1. The van der Waals surface area contributed by atoms with Crippen LogP contribution in [0.1, 0.15) is 11.3 Å². The molecule has 2 aromatic rings. The van der Waals surface area contributed by atoms with Crippen LogP contribution in [0.5, 0.6) is 5.75 Å². The van der Waals surface area contributed by atoms with E-state index < -0.39 is 0 Å². The fraction of sp³-hybridized carbons (Fsp3) is 0.333. The molecule has 0 saturated carbocycles. The fourth-order valence-electron chi connectivity index (χ4n) is 2.82. The molecule has 1 amide bonds. The van der Waals surface area contributed by atoms with Crippen molar-refractivity contribution in [1.29, 1.82) is 0 Å². The monoisotopic (exact) mass is 379 g/mol. The molecule has 7 heteroatoms. The fourth-order valence-corrected chi connectivity index (χ4v) is 3.26. The summed E-state index contributed by atoms with van der Waals surface area (Å²) in [6.45, 7) is 2.92. The summed E-state index contributed by atoms with van der Waals surface area (Å²) in [4.78, 5) is 20.6. The van der Waals surface area contributed by atoms with Crippen molar-refractivity contribution >= 4 is 29.1 Å². The number of hydrogen-bond donors (Lipinski definition) is 0. The minimum Gasteiger partial charge on any atom is -0.497 e. The first kappa shape index (κ1) is 18.0. The standard InChI is InChI=1S/C18H19Cl2N3O2/c1-25-15-4-2-3-13(7-15)10-23-6-5-22(12-18(23)24)11-17-16(20)8-14(19)9-21-17/h2-4,7-9H,5-6,10-12H2,1H3. The van der Waals surface area contributed by atoms with Crippen molar-refractivity contribution < 1.29 is 9.53 Å². The first-order valence-corrected chi connectivity index (χ1v) is 8.73. The van der Waals surface area contributed by atoms with Crippen LogP contribution < -0.4 is 4.74 Å². The summed E-state index contributed by atoms with van der Waals surface area (Å²) in [5, 5.41) is 1.03. The molecule has 1 aromatic carbocycles. The Morgan fingerprint density at radius 1 is 1.20 bits per heavy atom. The second kappa shape index (κ2) is 8.04. The third kappa shape index (κ3) is 4.63. The van der Waals surface area contributed by atoms with Gasteiger partial charge < -0.3 is 9.64 Å². The molecular formula is C18H19Cl2N3O2. The number of carbonyl (C=O) groups is 1. The van der Waals surface area contributed by atoms with Crippen molar-refractivity contribution in [1.82, 2.24) is 14.8 Å². The number of nitrogens with zero attached hydrogens (tertiary/aromatic N) is 3. The molecule has 25 heavy (non-hydrogen) atoms. The highest BCUT2D eigenvalue weighted by atomic mass is 35.5. The largest absolute Gasteiger partial charge is 0.497 e. The van der Waals surface area contributed by atoms with Gasteiger partial charge in [0.15, 0.2) is 0 Å². The predicted molar refractivity (Wildman–Crippen MR) is 97.9 cm³/mol. The van der Waals surface area contributed by atoms with Crippen LogP contribution in [-0.2, 0) is 17.9 Å². The van der Waals surface area contributed by atoms with Crippen molar-refractivity contribution in [2.75, 3.05) is 26.7 Å². The van der Waals surface area contributed by atoms with Gasteiger partial charge in [0.1, 0.15) is 5.75 Å². The minimum atomic E-state index is 0.0964. The Bertz CT molecular complexity index is 770. The topological polar surface area (TPSA) is 45.7 Å². The van der Waals surface area contributed by atoms with Crippen LogP contribution in [0, 0.1) is 0 Å². The second-order valence-corrected chi connectivity index (χ2v) is 6.80. The zero-order valence-corrected chi connectivity index (χ0v) is 15.4. The number of methoxy groups -OCH3 is 1. The molecule has 3 rings (SSSR count). The van der Waals surface area contributed by atoms with Crippen LogP contribution in [0.2, 0.25) is 10.0 Å². The lowest BCUT2D eigenvalue weighted by Gasteiger charge is -2.34. The van der Waals surface area contributed by atoms with Crippen molar-refractivity contribution in [3.8, 4) is 5.75 Å². The van der Waals surface area contributed by atoms with Crippen molar-refractivity contribution in [3.05, 3.63) is 57.8 Å². The number of halogens is 2. The van der Waals surface area contributed by atoms with Crippen LogP contribution in [0.25, 0.3) is 0 Å². The highest BCUT2D eigenvalue weighted by Crippen LogP contribution is 2.21. The van der Waals surface area contributed by atoms with E-state index in [9.17, 15) is 4.79 Å². The van der Waals surface area contributed by atoms with Crippen LogP contribution >= 0.6 is 23.2 Å². The lowest BCUT2D eigenvalue weighted by molar-refractivity contribution is -0.136. The summed E-state index contributed by atoms with van der Waals surface area (Å²) in [7, 11) is 1.64. The zero-order chi connectivity index (χ0) is 17.8. The van der Waals surface area contributed by atoms with Gasteiger partial charge in [-0.05, 0) is 23.8 Å². The normalized spacial score (nSPS) is 15.5. The Morgan fingerprint density at radius 2 is 2.04 bits per heavy atom. The second-order valence-electron chi connectivity index (χ2n) is 5.96. The third-order valence-corrected chi connectivity index (χ3v) is 4.70. The van der Waals surface area contributed by atoms with Gasteiger partial charge in [-0.25, -0.2) is 0 Å². The van der Waals surface area contributed by atoms with E-state index >= 15 is 0 Å². The number of carbonyl (C=O) groups excluding carboxylic acids is 1. The van der Waals surface area contributed by atoms with E-state index in [1.807, 2.05) is 34.1 Å². The van der Waals surface area contributed by atoms with Crippen LogP contribution in [-0.4, -0.2) is 47.4 Å². The molecule has 1 aliphatic heterocycles. The lowest BCUT2D eigenvalue weighted by atomic mass is 10.2. The average Bonchev–Trinajstić information content (AvgIpc) is 2.60. The number of aromatic nitrogens is 1. The minimum absolute atomic E-state index is 0.0964. The molecule has 0 spiro atoms. The van der Waals surface area contributed by atoms with E-state index in [2.05, 4.69) is 4.98 Å². The van der Waals surface area contributed by atoms with Gasteiger partial charge in [-0.1, -0.05) is 35.3 Å². The number of piperazine rings is 1. The molecule has 1 aromatic heterocycles. The number of benzene rings is 1. The molecule has 0 unspecified atom stereocenters. The summed E-state index contributed by atoms with van der Waals surface area (Å²) < 4.78 is 5.23. The molecule has 5 nitrogen and oxygen atoms in total. The number of hydrogen-bond acceptors (Lipinski definition) is 4. The Kier molecular flexibility index (Phi) is 5.78. The quantitative estimate of drug-likeness (QED) is 0.799. The Morgan fingerprint density at radius 3 is 2.76 bits per heavy atom. The van der Waals surface area contributed by atoms with Crippen LogP contribution in [0.3, 0.4) is 0 Å². The van der Waals surface area contributed by atoms with Gasteiger partial charge >= 0.3 is 0 Å². The van der Waals surface area contributed by atoms with Gasteiger partial charge in [0, 0.05) is 32.4 Å². The molecular weight excluding hydrogens is 361 g/mol. The lowest BCUT2D eigenvalue weighted by Crippen LogP contribution is -2.49. The van der Waals surface area contributed by atoms with Crippen molar-refractivity contribution in [3.63, 3.8) is 0 Å². The van der Waals surface area contributed by atoms with Crippen LogP contribution in [0.4, 0.5) is 0 Å². The first-order chi connectivity index (χ1) is 12.0. The predicted octanol–water partition coefficient (Wildman–Crippen LogP) is 3.24. The molecule has 1 saturated heterocycles. The molecule has 0 N–H and O–H groups in total. The van der Waals surface area contributed by atoms with Gasteiger partial charge in [-0.15, -0.1) is 0 Å². The van der Waals surface area contributed by atoms with Gasteiger partial charge in [0.25, 0.3) is 0 Å². The molecule has 0 aliphatic carbocycles. The average molecular weight is 380 g/mol. The van der Waals surface area contributed by atoms with Gasteiger partial charge in [0.05, 0.1) is 29.4 Å². The van der Waals surface area contributed by atoms with E-state index in [-0.39, 0.29) is 5.91 Å². The Balaban J connectivity index is 1.59. The van der Waals surface area contributed by atoms with Gasteiger partial charge in [-0.2, -0.15) is 0 Å². The van der Waals surface area contributed by atoms with Crippen molar-refractivity contribution in [2.24, 2.45) is 0 Å². The zero-order valence-electron chi connectivity index (χ0n) is 13.9. The Labute approximate surface area is 157 Å². The molecule has 0 atom stereocenters. The maximum absolute atomic E-state index is 12.5. The molecule has 0 bridgehead atoms. The summed E-state index contributed by atoms with van der Waals surface area (Å²) >= 11 is 12.0. The van der Waals surface area contributed by atoms with Crippen molar-refractivity contribution in [2.45, 2.75) is 13.1 Å². The van der Waals surface area contributed by atoms with E-state index in [1.165, 1.54) is 0 Å². The smallest absolute Gasteiger partial charge is 0.237 e. The van der Waals surface area contributed by atoms with Gasteiger partial charge in [-0.3, -0.25) is 14.7 Å². The molecule has 1 aliphatic rings. The highest BCUT2D eigenvalue weighted by Gasteiger charge is 2.24. The Hall–Kier alpha value is -1.82. The summed E-state index contributed by atoms with van der Waals surface area (Å²) in [5.41, 5.74) is 1.80. The summed E-state index contributed by atoms with van der Waals surface area (Å²) in [6.07, 6.45) is 1.57. The number of rotatable bonds is 5. The van der Waals surface area contributed by atoms with E-state index in [0.29, 0.717) is 36.2 Å². The highest BCUT2D eigenvalue weighted by molar-refractivity contribution is 6.34.